The van der Waals surface area contributed by atoms with Gasteiger partial charge in [-0.15, -0.1) is 0 Å². The molecule has 24 heavy (non-hydrogen) atoms. The molecule has 1 atom stereocenters. The van der Waals surface area contributed by atoms with Gasteiger partial charge in [-0.3, -0.25) is 4.79 Å². The first-order valence-corrected chi connectivity index (χ1v) is 8.31. The van der Waals surface area contributed by atoms with Crippen molar-refractivity contribution in [3.63, 3.8) is 0 Å². The fourth-order valence-electron chi connectivity index (χ4n) is 2.68. The number of aliphatic hydroxyl groups is 1. The molecule has 3 rings (SSSR count). The van der Waals surface area contributed by atoms with E-state index in [0.717, 1.165) is 18.4 Å². The molecule has 1 aliphatic carbocycles. The summed E-state index contributed by atoms with van der Waals surface area (Å²) in [5.41, 5.74) is 1.57. The second-order valence-corrected chi connectivity index (χ2v) is 6.09. The van der Waals surface area contributed by atoms with Gasteiger partial charge in [-0.1, -0.05) is 30.3 Å². The topological polar surface area (TPSA) is 71.5 Å². The number of nitrogens with one attached hydrogen (secondary N) is 1. The Labute approximate surface area is 141 Å². The minimum atomic E-state index is -0.146. The number of ether oxygens (including phenoxy) is 1. The fourth-order valence-corrected chi connectivity index (χ4v) is 2.68. The molecule has 0 saturated heterocycles. The molecule has 1 aliphatic rings. The zero-order valence-corrected chi connectivity index (χ0v) is 13.5. The third-order valence-corrected chi connectivity index (χ3v) is 4.17. The summed E-state index contributed by atoms with van der Waals surface area (Å²) < 4.78 is 5.66. The van der Waals surface area contributed by atoms with Gasteiger partial charge in [-0.2, -0.15) is 0 Å². The van der Waals surface area contributed by atoms with Crippen LogP contribution in [0.5, 0.6) is 5.88 Å². The number of rotatable bonds is 8. The maximum absolute atomic E-state index is 12.4. The van der Waals surface area contributed by atoms with Crippen molar-refractivity contribution in [3.8, 4) is 5.88 Å². The Hall–Kier alpha value is -2.40. The number of hydrogen-bond acceptors (Lipinski definition) is 4. The van der Waals surface area contributed by atoms with Crippen LogP contribution in [0, 0.1) is 5.92 Å². The number of nitrogens with zero attached hydrogens (tertiary/aromatic N) is 1. The van der Waals surface area contributed by atoms with Crippen molar-refractivity contribution in [2.24, 2.45) is 5.92 Å². The molecule has 0 radical (unpaired) electrons. The Morgan fingerprint density at radius 1 is 1.29 bits per heavy atom. The average Bonchev–Trinajstić information content (AvgIpc) is 3.46. The molecule has 5 heteroatoms. The van der Waals surface area contributed by atoms with Crippen LogP contribution in [0.4, 0.5) is 0 Å². The maximum atomic E-state index is 12.4. The lowest BCUT2D eigenvalue weighted by molar-refractivity contribution is 0.0923. The Balaban J connectivity index is 1.60. The Bertz CT molecular complexity index is 671. The van der Waals surface area contributed by atoms with Gasteiger partial charge in [0.05, 0.1) is 0 Å². The zero-order chi connectivity index (χ0) is 16.8. The average molecular weight is 326 g/mol. The van der Waals surface area contributed by atoms with Gasteiger partial charge in [0.2, 0.25) is 5.88 Å². The van der Waals surface area contributed by atoms with Gasteiger partial charge in [0, 0.05) is 30.5 Å². The summed E-state index contributed by atoms with van der Waals surface area (Å²) in [4.78, 5) is 16.6. The van der Waals surface area contributed by atoms with E-state index >= 15 is 0 Å². The van der Waals surface area contributed by atoms with Crippen molar-refractivity contribution in [1.82, 2.24) is 10.3 Å². The van der Waals surface area contributed by atoms with E-state index in [1.165, 1.54) is 0 Å². The van der Waals surface area contributed by atoms with E-state index in [4.69, 9.17) is 9.84 Å². The monoisotopic (exact) mass is 326 g/mol. The van der Waals surface area contributed by atoms with Crippen molar-refractivity contribution in [3.05, 3.63) is 59.8 Å². The summed E-state index contributed by atoms with van der Waals surface area (Å²) >= 11 is 0. The van der Waals surface area contributed by atoms with Crippen LogP contribution in [0.15, 0.2) is 48.7 Å². The van der Waals surface area contributed by atoms with E-state index in [-0.39, 0.29) is 18.6 Å². The van der Waals surface area contributed by atoms with E-state index < -0.39 is 0 Å². The van der Waals surface area contributed by atoms with Crippen LogP contribution in [0.2, 0.25) is 0 Å². The Morgan fingerprint density at radius 2 is 2.08 bits per heavy atom. The number of carbonyl (C=O) groups excluding carboxylic acids is 1. The lowest BCUT2D eigenvalue weighted by Crippen LogP contribution is -2.37. The number of benzene rings is 1. The molecule has 5 nitrogen and oxygen atoms in total. The summed E-state index contributed by atoms with van der Waals surface area (Å²) in [6, 6.07) is 13.2. The first-order chi connectivity index (χ1) is 11.8. The predicted octanol–water partition coefficient (Wildman–Crippen LogP) is 2.55. The van der Waals surface area contributed by atoms with Crippen LogP contribution < -0.4 is 10.1 Å². The molecule has 2 N–H and O–H groups in total. The molecule has 1 heterocycles. The molecular formula is C19H22N2O3. The molecule has 1 fully saturated rings. The molecule has 0 bridgehead atoms. The maximum Gasteiger partial charge on any atom is 0.251 e. The molecule has 0 aliphatic heterocycles. The van der Waals surface area contributed by atoms with Crippen molar-refractivity contribution >= 4 is 5.91 Å². The summed E-state index contributed by atoms with van der Waals surface area (Å²) in [6.07, 6.45) is 4.41. The van der Waals surface area contributed by atoms with Crippen molar-refractivity contribution < 1.29 is 14.6 Å². The first kappa shape index (κ1) is 16.5. The predicted molar refractivity (Wildman–Crippen MR) is 90.7 cm³/mol. The summed E-state index contributed by atoms with van der Waals surface area (Å²) in [5.74, 6) is 0.778. The highest BCUT2D eigenvalue weighted by atomic mass is 16.5. The minimum absolute atomic E-state index is 0.0457. The van der Waals surface area contributed by atoms with Gasteiger partial charge in [-0.05, 0) is 36.8 Å². The number of carbonyl (C=O) groups is 1. The van der Waals surface area contributed by atoms with Gasteiger partial charge < -0.3 is 15.2 Å². The van der Waals surface area contributed by atoms with E-state index in [0.29, 0.717) is 30.4 Å². The van der Waals surface area contributed by atoms with E-state index in [1.807, 2.05) is 30.3 Å². The Morgan fingerprint density at radius 3 is 2.79 bits per heavy atom. The standard InChI is InChI=1S/C19H22N2O3/c22-11-9-17(15-6-7-15)21-19(23)16-8-10-20-18(12-16)24-13-14-4-2-1-3-5-14/h1-5,8,10,12,15,17,22H,6-7,9,11,13H2,(H,21,23). The van der Waals surface area contributed by atoms with Gasteiger partial charge >= 0.3 is 0 Å². The van der Waals surface area contributed by atoms with Gasteiger partial charge in [-0.25, -0.2) is 4.98 Å². The zero-order valence-electron chi connectivity index (χ0n) is 13.5. The molecule has 2 aromatic rings. The largest absolute Gasteiger partial charge is 0.473 e. The smallest absolute Gasteiger partial charge is 0.251 e. The summed E-state index contributed by atoms with van der Waals surface area (Å²) in [6.45, 7) is 0.497. The highest BCUT2D eigenvalue weighted by Crippen LogP contribution is 2.34. The van der Waals surface area contributed by atoms with Crippen LogP contribution in [0.3, 0.4) is 0 Å². The number of aliphatic hydroxyl groups excluding tert-OH is 1. The third kappa shape index (κ3) is 4.55. The molecule has 1 aromatic heterocycles. The molecule has 1 saturated carbocycles. The van der Waals surface area contributed by atoms with Crippen molar-refractivity contribution in [1.29, 1.82) is 0 Å². The van der Waals surface area contributed by atoms with Crippen molar-refractivity contribution in [2.75, 3.05) is 6.61 Å². The molecular weight excluding hydrogens is 304 g/mol. The number of amides is 1. The highest BCUT2D eigenvalue weighted by molar-refractivity contribution is 5.94. The summed E-state index contributed by atoms with van der Waals surface area (Å²) in [7, 11) is 0. The van der Waals surface area contributed by atoms with E-state index in [9.17, 15) is 4.79 Å². The van der Waals surface area contributed by atoms with Crippen LogP contribution >= 0.6 is 0 Å². The quantitative estimate of drug-likeness (QED) is 0.782. The lowest BCUT2D eigenvalue weighted by Gasteiger charge is -2.17. The van der Waals surface area contributed by atoms with Gasteiger partial charge in [0.15, 0.2) is 0 Å². The molecule has 1 amide bonds. The molecule has 0 spiro atoms. The second-order valence-electron chi connectivity index (χ2n) is 6.09. The Kier molecular flexibility index (Phi) is 5.43. The van der Waals surface area contributed by atoms with Crippen LogP contribution in [-0.4, -0.2) is 28.6 Å². The number of pyridine rings is 1. The van der Waals surface area contributed by atoms with E-state index in [2.05, 4.69) is 10.3 Å². The summed E-state index contributed by atoms with van der Waals surface area (Å²) in [5, 5.41) is 12.2. The first-order valence-electron chi connectivity index (χ1n) is 8.31. The molecule has 1 unspecified atom stereocenters. The third-order valence-electron chi connectivity index (χ3n) is 4.17. The molecule has 1 aromatic carbocycles. The van der Waals surface area contributed by atoms with E-state index in [1.54, 1.807) is 18.3 Å². The van der Waals surface area contributed by atoms with Crippen LogP contribution in [-0.2, 0) is 6.61 Å². The van der Waals surface area contributed by atoms with Crippen molar-refractivity contribution in [2.45, 2.75) is 31.9 Å². The number of aromatic nitrogens is 1. The SMILES string of the molecule is O=C(NC(CCO)C1CC1)c1ccnc(OCc2ccccc2)c1. The lowest BCUT2D eigenvalue weighted by atomic mass is 10.1. The normalized spacial score (nSPS) is 14.9. The minimum Gasteiger partial charge on any atom is -0.473 e. The highest BCUT2D eigenvalue weighted by Gasteiger charge is 2.31. The van der Waals surface area contributed by atoms with Crippen LogP contribution in [0.1, 0.15) is 35.2 Å². The van der Waals surface area contributed by atoms with Gasteiger partial charge in [0.25, 0.3) is 5.91 Å². The van der Waals surface area contributed by atoms with Crippen LogP contribution in [0.25, 0.3) is 0 Å². The second kappa shape index (κ2) is 7.93. The fraction of sp³-hybridized carbons (Fsp3) is 0.368. The molecule has 126 valence electrons. The number of hydrogen-bond donors (Lipinski definition) is 2. The van der Waals surface area contributed by atoms with Gasteiger partial charge in [0.1, 0.15) is 6.61 Å².